The van der Waals surface area contributed by atoms with Crippen molar-refractivity contribution in [3.05, 3.63) is 102 Å². The first-order chi connectivity index (χ1) is 20.6. The second kappa shape index (κ2) is 16.7. The zero-order valence-corrected chi connectivity index (χ0v) is 25.3. The van der Waals surface area contributed by atoms with Crippen LogP contribution in [0.2, 0.25) is 0 Å². The summed E-state index contributed by atoms with van der Waals surface area (Å²) in [5.74, 6) is -1.23. The summed E-state index contributed by atoms with van der Waals surface area (Å²) in [5, 5.41) is 11.0. The summed E-state index contributed by atoms with van der Waals surface area (Å²) in [4.78, 5) is 51.0. The summed E-state index contributed by atoms with van der Waals surface area (Å²) < 4.78 is 5.84. The number of ether oxygens (including phenoxy) is 1. The van der Waals surface area contributed by atoms with Crippen molar-refractivity contribution in [2.45, 2.75) is 65.3 Å². The number of carbonyl (C=O) groups is 4. The minimum absolute atomic E-state index is 0.219. The lowest BCUT2D eigenvalue weighted by Crippen LogP contribution is -2.58. The number of carbonyl (C=O) groups excluding carboxylic acids is 4. The maximum Gasteiger partial charge on any atom is 0.243 e. The number of nitrogens with one attached hydrogen (secondary N) is 4. The monoisotopic (exact) mass is 586 g/mol. The fourth-order valence-electron chi connectivity index (χ4n) is 4.44. The van der Waals surface area contributed by atoms with E-state index >= 15 is 0 Å². The van der Waals surface area contributed by atoms with Crippen LogP contribution in [0.15, 0.2) is 84.9 Å². The second-order valence-corrected chi connectivity index (χ2v) is 10.9. The highest BCUT2D eigenvalue weighted by atomic mass is 16.5. The van der Waals surface area contributed by atoms with E-state index in [1.165, 1.54) is 6.92 Å². The van der Waals surface area contributed by atoms with Gasteiger partial charge in [-0.15, -0.1) is 0 Å². The molecule has 3 atom stereocenters. The van der Waals surface area contributed by atoms with Crippen molar-refractivity contribution in [3.63, 3.8) is 0 Å². The average molecular weight is 587 g/mol. The van der Waals surface area contributed by atoms with Gasteiger partial charge < -0.3 is 26.0 Å². The maximum absolute atomic E-state index is 13.3. The van der Waals surface area contributed by atoms with E-state index < -0.39 is 29.9 Å². The summed E-state index contributed by atoms with van der Waals surface area (Å²) in [5.41, 5.74) is 2.96. The van der Waals surface area contributed by atoms with Gasteiger partial charge in [-0.1, -0.05) is 86.6 Å². The van der Waals surface area contributed by atoms with Crippen molar-refractivity contribution in [1.29, 1.82) is 0 Å². The molecule has 3 aromatic rings. The van der Waals surface area contributed by atoms with Crippen LogP contribution in [-0.4, -0.2) is 48.3 Å². The molecule has 9 heteroatoms. The minimum Gasteiger partial charge on any atom is -0.489 e. The van der Waals surface area contributed by atoms with Crippen LogP contribution >= 0.6 is 0 Å². The molecule has 0 aliphatic heterocycles. The minimum atomic E-state index is -0.905. The van der Waals surface area contributed by atoms with E-state index in [0.717, 1.165) is 16.7 Å². The Balaban J connectivity index is 1.55. The first-order valence-corrected chi connectivity index (χ1v) is 14.6. The summed E-state index contributed by atoms with van der Waals surface area (Å²) in [7, 11) is 0. The molecule has 0 spiro atoms. The molecule has 0 saturated heterocycles. The molecule has 0 aliphatic carbocycles. The highest BCUT2D eigenvalue weighted by molar-refractivity contribution is 5.94. The second-order valence-electron chi connectivity index (χ2n) is 10.9. The predicted molar refractivity (Wildman–Crippen MR) is 166 cm³/mol. The SMILES string of the molecule is CC(=O)N[C@@H](Cc1ccc(OCc2ccccc2)cc1)C(=O)N[C@H](C(=O)N[C@H](C)C(=O)NCCc1ccccc1)C(C)C. The Labute approximate surface area is 253 Å². The molecule has 0 aromatic heterocycles. The molecule has 0 saturated carbocycles. The smallest absolute Gasteiger partial charge is 0.243 e. The topological polar surface area (TPSA) is 126 Å². The first kappa shape index (κ1) is 32.8. The van der Waals surface area contributed by atoms with Gasteiger partial charge >= 0.3 is 0 Å². The third kappa shape index (κ3) is 11.3. The van der Waals surface area contributed by atoms with Crippen LogP contribution in [0.5, 0.6) is 5.75 Å². The van der Waals surface area contributed by atoms with Crippen LogP contribution in [0.1, 0.15) is 44.4 Å². The highest BCUT2D eigenvalue weighted by Gasteiger charge is 2.30. The molecule has 228 valence electrons. The molecule has 43 heavy (non-hydrogen) atoms. The number of hydrogen-bond acceptors (Lipinski definition) is 5. The molecule has 0 heterocycles. The Kier molecular flexibility index (Phi) is 12.8. The standard InChI is InChI=1S/C34H42N4O5/c1-23(2)31(34(42)36-24(3)32(40)35-20-19-26-11-7-5-8-12-26)38-33(41)30(37-25(4)39)21-27-15-17-29(18-16-27)43-22-28-13-9-6-10-14-28/h5-18,23-24,30-31H,19-22H2,1-4H3,(H,35,40)(H,36,42)(H,37,39)(H,38,41)/t24-,30+,31+/m1/s1. The van der Waals surface area contributed by atoms with Gasteiger partial charge in [0, 0.05) is 19.9 Å². The summed E-state index contributed by atoms with van der Waals surface area (Å²) in [6, 6.07) is 24.3. The number of benzene rings is 3. The van der Waals surface area contributed by atoms with Gasteiger partial charge in [-0.3, -0.25) is 19.2 Å². The lowest BCUT2D eigenvalue weighted by molar-refractivity contribution is -0.134. The molecule has 4 amide bonds. The van der Waals surface area contributed by atoms with Gasteiger partial charge in [0.2, 0.25) is 23.6 Å². The van der Waals surface area contributed by atoms with Crippen LogP contribution in [0.25, 0.3) is 0 Å². The molecular weight excluding hydrogens is 544 g/mol. The van der Waals surface area contributed by atoms with Crippen molar-refractivity contribution in [3.8, 4) is 5.75 Å². The Bertz CT molecular complexity index is 1330. The fourth-order valence-corrected chi connectivity index (χ4v) is 4.44. The molecule has 0 fully saturated rings. The Morgan fingerprint density at radius 1 is 0.674 bits per heavy atom. The molecule has 0 radical (unpaired) electrons. The van der Waals surface area contributed by atoms with Gasteiger partial charge in [-0.2, -0.15) is 0 Å². The highest BCUT2D eigenvalue weighted by Crippen LogP contribution is 2.16. The predicted octanol–water partition coefficient (Wildman–Crippen LogP) is 3.32. The summed E-state index contributed by atoms with van der Waals surface area (Å²) in [6.45, 7) is 7.41. The number of rotatable bonds is 15. The van der Waals surface area contributed by atoms with E-state index in [1.54, 1.807) is 20.8 Å². The molecule has 0 bridgehead atoms. The molecule has 4 N–H and O–H groups in total. The van der Waals surface area contributed by atoms with E-state index in [2.05, 4.69) is 21.3 Å². The molecule has 9 nitrogen and oxygen atoms in total. The molecule has 3 aromatic carbocycles. The van der Waals surface area contributed by atoms with Crippen LogP contribution in [0, 0.1) is 5.92 Å². The Morgan fingerprint density at radius 3 is 1.86 bits per heavy atom. The van der Waals surface area contributed by atoms with E-state index in [4.69, 9.17) is 4.74 Å². The maximum atomic E-state index is 13.3. The molecule has 0 aliphatic rings. The van der Waals surface area contributed by atoms with Crippen LogP contribution in [-0.2, 0) is 38.6 Å². The first-order valence-electron chi connectivity index (χ1n) is 14.6. The van der Waals surface area contributed by atoms with Gasteiger partial charge in [0.1, 0.15) is 30.5 Å². The lowest BCUT2D eigenvalue weighted by atomic mass is 10.0. The van der Waals surface area contributed by atoms with Gasteiger partial charge in [-0.05, 0) is 48.1 Å². The quantitative estimate of drug-likeness (QED) is 0.218. The Morgan fingerprint density at radius 2 is 1.28 bits per heavy atom. The van der Waals surface area contributed by atoms with Crippen molar-refractivity contribution >= 4 is 23.6 Å². The van der Waals surface area contributed by atoms with E-state index in [-0.39, 0.29) is 24.2 Å². The van der Waals surface area contributed by atoms with E-state index in [9.17, 15) is 19.2 Å². The molecular formula is C34H42N4O5. The summed E-state index contributed by atoms with van der Waals surface area (Å²) in [6.07, 6.45) is 0.892. The number of amides is 4. The van der Waals surface area contributed by atoms with Crippen LogP contribution < -0.4 is 26.0 Å². The number of hydrogen-bond donors (Lipinski definition) is 4. The summed E-state index contributed by atoms with van der Waals surface area (Å²) >= 11 is 0. The third-order valence-electron chi connectivity index (χ3n) is 6.86. The van der Waals surface area contributed by atoms with Gasteiger partial charge in [-0.25, -0.2) is 0 Å². The van der Waals surface area contributed by atoms with Crippen molar-refractivity contribution in [2.75, 3.05) is 6.54 Å². The molecule has 0 unspecified atom stereocenters. The van der Waals surface area contributed by atoms with Crippen molar-refractivity contribution < 1.29 is 23.9 Å². The zero-order chi connectivity index (χ0) is 31.2. The van der Waals surface area contributed by atoms with Crippen LogP contribution in [0.4, 0.5) is 0 Å². The normalized spacial score (nSPS) is 12.9. The van der Waals surface area contributed by atoms with Gasteiger partial charge in [0.15, 0.2) is 0 Å². The van der Waals surface area contributed by atoms with Gasteiger partial charge in [0.05, 0.1) is 0 Å². The third-order valence-corrected chi connectivity index (χ3v) is 6.86. The molecule has 3 rings (SSSR count). The Hall–Kier alpha value is -4.66. The lowest BCUT2D eigenvalue weighted by Gasteiger charge is -2.26. The van der Waals surface area contributed by atoms with Crippen molar-refractivity contribution in [1.82, 2.24) is 21.3 Å². The van der Waals surface area contributed by atoms with E-state index in [0.29, 0.717) is 25.3 Å². The van der Waals surface area contributed by atoms with Crippen LogP contribution in [0.3, 0.4) is 0 Å². The van der Waals surface area contributed by atoms with Crippen molar-refractivity contribution in [2.24, 2.45) is 5.92 Å². The van der Waals surface area contributed by atoms with E-state index in [1.807, 2.05) is 84.9 Å². The fraction of sp³-hybridized carbons (Fsp3) is 0.353. The largest absolute Gasteiger partial charge is 0.489 e. The zero-order valence-electron chi connectivity index (χ0n) is 25.3. The van der Waals surface area contributed by atoms with Gasteiger partial charge in [0.25, 0.3) is 0 Å². The average Bonchev–Trinajstić information content (AvgIpc) is 2.99.